The molecule has 0 aromatic heterocycles. The average molecular weight is 306 g/mol. The maximum absolute atomic E-state index is 12.6. The molecular weight excluding hydrogens is 284 g/mol. The topological polar surface area (TPSA) is 81.9 Å². The molecule has 2 atom stereocenters. The zero-order valence-electron chi connectivity index (χ0n) is 13.0. The molecule has 2 rings (SSSR count). The molecular formula is C16H22N2O4. The molecule has 2 N–H and O–H groups in total. The van der Waals surface area contributed by atoms with Crippen molar-refractivity contribution in [1.29, 1.82) is 0 Å². The van der Waals surface area contributed by atoms with Crippen LogP contribution in [-0.4, -0.2) is 50.1 Å². The highest BCUT2D eigenvalue weighted by atomic mass is 16.5. The van der Waals surface area contributed by atoms with Gasteiger partial charge in [0, 0.05) is 45.2 Å². The third-order valence-electron chi connectivity index (χ3n) is 3.92. The summed E-state index contributed by atoms with van der Waals surface area (Å²) in [6.07, 6.45) is 0.0741. The van der Waals surface area contributed by atoms with Gasteiger partial charge in [-0.15, -0.1) is 0 Å². The van der Waals surface area contributed by atoms with Gasteiger partial charge in [0.1, 0.15) is 0 Å². The Labute approximate surface area is 130 Å². The summed E-state index contributed by atoms with van der Waals surface area (Å²) in [5.74, 6) is -0.482. The predicted octanol–water partition coefficient (Wildman–Crippen LogP) is 0.795. The molecule has 2 amide bonds. The second-order valence-electron chi connectivity index (χ2n) is 5.55. The lowest BCUT2D eigenvalue weighted by Crippen LogP contribution is -2.30. The van der Waals surface area contributed by atoms with Gasteiger partial charge >= 0.3 is 0 Å². The van der Waals surface area contributed by atoms with Crippen molar-refractivity contribution in [2.45, 2.75) is 19.1 Å². The normalized spacial score (nSPS) is 21.1. The maximum atomic E-state index is 12.6. The number of hydrogen-bond acceptors (Lipinski definition) is 4. The number of methoxy groups -OCH3 is 2. The van der Waals surface area contributed by atoms with Crippen molar-refractivity contribution in [2.75, 3.05) is 27.3 Å². The van der Waals surface area contributed by atoms with Gasteiger partial charge in [-0.25, -0.2) is 0 Å². The summed E-state index contributed by atoms with van der Waals surface area (Å²) in [7, 11) is 3.21. The van der Waals surface area contributed by atoms with Crippen LogP contribution in [0.25, 0.3) is 0 Å². The molecule has 22 heavy (non-hydrogen) atoms. The van der Waals surface area contributed by atoms with Crippen LogP contribution >= 0.6 is 0 Å². The first-order chi connectivity index (χ1) is 10.5. The van der Waals surface area contributed by atoms with E-state index in [2.05, 4.69) is 0 Å². The summed E-state index contributed by atoms with van der Waals surface area (Å²) < 4.78 is 10.5. The van der Waals surface area contributed by atoms with Gasteiger partial charge < -0.3 is 20.1 Å². The number of hydrogen-bond donors (Lipinski definition) is 1. The van der Waals surface area contributed by atoms with Crippen LogP contribution in [-0.2, 0) is 20.9 Å². The Balaban J connectivity index is 2.09. The smallest absolute Gasteiger partial charge is 0.253 e. The molecule has 0 unspecified atom stereocenters. The Morgan fingerprint density at radius 1 is 1.32 bits per heavy atom. The first-order valence-electron chi connectivity index (χ1n) is 7.23. The second-order valence-corrected chi connectivity index (χ2v) is 5.55. The molecule has 1 aliphatic heterocycles. The Kier molecular flexibility index (Phi) is 5.51. The van der Waals surface area contributed by atoms with E-state index in [0.29, 0.717) is 25.3 Å². The van der Waals surface area contributed by atoms with Crippen LogP contribution in [0.4, 0.5) is 0 Å². The molecule has 0 bridgehead atoms. The van der Waals surface area contributed by atoms with E-state index in [4.69, 9.17) is 15.2 Å². The lowest BCUT2D eigenvalue weighted by atomic mass is 10.0. The molecule has 1 aromatic rings. The number of amides is 2. The molecule has 0 radical (unpaired) electrons. The van der Waals surface area contributed by atoms with E-state index in [1.54, 1.807) is 25.2 Å². The first-order valence-corrected chi connectivity index (χ1v) is 7.23. The van der Waals surface area contributed by atoms with Crippen molar-refractivity contribution in [3.63, 3.8) is 0 Å². The molecule has 1 heterocycles. The third kappa shape index (κ3) is 3.84. The van der Waals surface area contributed by atoms with Crippen molar-refractivity contribution in [2.24, 2.45) is 11.7 Å². The minimum atomic E-state index is -0.372. The largest absolute Gasteiger partial charge is 0.380 e. The van der Waals surface area contributed by atoms with Gasteiger partial charge in [-0.1, -0.05) is 12.1 Å². The SMILES string of the molecule is COCc1cccc(C(=O)N2C[C@H](CC(N)=O)[C@@H](OC)C2)c1. The number of nitrogens with zero attached hydrogens (tertiary/aromatic N) is 1. The standard InChI is InChI=1S/C16H22N2O4/c1-21-10-11-4-3-5-12(6-11)16(20)18-8-13(7-15(17)19)14(9-18)22-2/h3-6,13-14H,7-10H2,1-2H3,(H2,17,19)/t13-,14-/m0/s1. The van der Waals surface area contributed by atoms with Crippen molar-refractivity contribution in [1.82, 2.24) is 4.90 Å². The zero-order chi connectivity index (χ0) is 16.1. The van der Waals surface area contributed by atoms with Crippen LogP contribution in [0.1, 0.15) is 22.3 Å². The van der Waals surface area contributed by atoms with Gasteiger partial charge in [0.05, 0.1) is 12.7 Å². The summed E-state index contributed by atoms with van der Waals surface area (Å²) in [6.45, 7) is 1.42. The molecule has 1 aliphatic rings. The minimum Gasteiger partial charge on any atom is -0.380 e. The lowest BCUT2D eigenvalue weighted by Gasteiger charge is -2.16. The van der Waals surface area contributed by atoms with Crippen LogP contribution in [0, 0.1) is 5.92 Å². The summed E-state index contributed by atoms with van der Waals surface area (Å²) in [5.41, 5.74) is 6.83. The van der Waals surface area contributed by atoms with E-state index in [0.717, 1.165) is 5.56 Å². The molecule has 120 valence electrons. The van der Waals surface area contributed by atoms with Gasteiger partial charge in [0.15, 0.2) is 0 Å². The highest BCUT2D eigenvalue weighted by molar-refractivity contribution is 5.94. The van der Waals surface area contributed by atoms with Crippen LogP contribution < -0.4 is 5.73 Å². The molecule has 6 nitrogen and oxygen atoms in total. The van der Waals surface area contributed by atoms with Gasteiger partial charge in [-0.05, 0) is 17.7 Å². The first kappa shape index (κ1) is 16.5. The fourth-order valence-corrected chi connectivity index (χ4v) is 2.87. The Bertz CT molecular complexity index is 547. The number of carbonyl (C=O) groups is 2. The number of benzene rings is 1. The number of carbonyl (C=O) groups excluding carboxylic acids is 2. The zero-order valence-corrected chi connectivity index (χ0v) is 13.0. The second kappa shape index (κ2) is 7.38. The monoisotopic (exact) mass is 306 g/mol. The number of rotatable bonds is 6. The van der Waals surface area contributed by atoms with Crippen LogP contribution in [0.15, 0.2) is 24.3 Å². The molecule has 1 saturated heterocycles. The van der Waals surface area contributed by atoms with E-state index in [-0.39, 0.29) is 30.3 Å². The van der Waals surface area contributed by atoms with E-state index < -0.39 is 0 Å². The highest BCUT2D eigenvalue weighted by Gasteiger charge is 2.36. The van der Waals surface area contributed by atoms with Crippen LogP contribution in [0.2, 0.25) is 0 Å². The average Bonchev–Trinajstić information content (AvgIpc) is 2.89. The van der Waals surface area contributed by atoms with Crippen molar-refractivity contribution in [3.05, 3.63) is 35.4 Å². The Morgan fingerprint density at radius 3 is 2.73 bits per heavy atom. The molecule has 6 heteroatoms. The summed E-state index contributed by atoms with van der Waals surface area (Å²) >= 11 is 0. The van der Waals surface area contributed by atoms with Crippen LogP contribution in [0.5, 0.6) is 0 Å². The van der Waals surface area contributed by atoms with Gasteiger partial charge in [0.25, 0.3) is 5.91 Å². The fourth-order valence-electron chi connectivity index (χ4n) is 2.87. The number of primary amides is 1. The molecule has 0 spiro atoms. The van der Waals surface area contributed by atoms with E-state index >= 15 is 0 Å². The van der Waals surface area contributed by atoms with E-state index in [1.807, 2.05) is 18.2 Å². The van der Waals surface area contributed by atoms with Crippen molar-refractivity contribution < 1.29 is 19.1 Å². The molecule has 0 aliphatic carbocycles. The molecule has 1 aromatic carbocycles. The van der Waals surface area contributed by atoms with Crippen molar-refractivity contribution in [3.8, 4) is 0 Å². The number of nitrogens with two attached hydrogens (primary N) is 1. The van der Waals surface area contributed by atoms with Gasteiger partial charge in [0.2, 0.25) is 5.91 Å². The summed E-state index contributed by atoms with van der Waals surface area (Å²) in [6, 6.07) is 7.37. The Morgan fingerprint density at radius 2 is 2.09 bits per heavy atom. The fraction of sp³-hybridized carbons (Fsp3) is 0.500. The highest BCUT2D eigenvalue weighted by Crippen LogP contribution is 2.24. The quantitative estimate of drug-likeness (QED) is 0.842. The van der Waals surface area contributed by atoms with E-state index in [1.165, 1.54) is 0 Å². The minimum absolute atomic E-state index is 0.0476. The molecule has 1 fully saturated rings. The number of ether oxygens (including phenoxy) is 2. The van der Waals surface area contributed by atoms with Gasteiger partial charge in [-0.3, -0.25) is 9.59 Å². The lowest BCUT2D eigenvalue weighted by molar-refractivity contribution is -0.119. The number of likely N-dealkylation sites (tertiary alicyclic amines) is 1. The maximum Gasteiger partial charge on any atom is 0.253 e. The van der Waals surface area contributed by atoms with E-state index in [9.17, 15) is 9.59 Å². The molecule has 0 saturated carbocycles. The predicted molar refractivity (Wildman–Crippen MR) is 81.2 cm³/mol. The van der Waals surface area contributed by atoms with Crippen LogP contribution in [0.3, 0.4) is 0 Å². The Hall–Kier alpha value is -1.92. The van der Waals surface area contributed by atoms with Gasteiger partial charge in [-0.2, -0.15) is 0 Å². The third-order valence-corrected chi connectivity index (χ3v) is 3.92. The van der Waals surface area contributed by atoms with Crippen molar-refractivity contribution >= 4 is 11.8 Å². The summed E-state index contributed by atoms with van der Waals surface area (Å²) in [5, 5.41) is 0. The summed E-state index contributed by atoms with van der Waals surface area (Å²) in [4.78, 5) is 25.5.